The first kappa shape index (κ1) is 20.1. The van der Waals surface area contributed by atoms with Crippen molar-refractivity contribution in [3.8, 4) is 11.1 Å². The third-order valence-corrected chi connectivity index (χ3v) is 6.37. The van der Waals surface area contributed by atoms with Gasteiger partial charge < -0.3 is 10.6 Å². The van der Waals surface area contributed by atoms with Crippen molar-refractivity contribution in [2.75, 3.05) is 10.6 Å². The van der Waals surface area contributed by atoms with Crippen LogP contribution in [0.25, 0.3) is 32.7 Å². The molecule has 0 atom stereocenters. The number of fused-ring (bicyclic) bond motifs is 2. The van der Waals surface area contributed by atoms with E-state index in [4.69, 9.17) is 5.73 Å². The number of rotatable bonds is 4. The molecule has 0 spiro atoms. The Kier molecular flexibility index (Phi) is 4.97. The molecule has 6 rings (SSSR count). The summed E-state index contributed by atoms with van der Waals surface area (Å²) in [5.74, 6) is 0. The normalized spacial score (nSPS) is 11.1. The first-order chi connectivity index (χ1) is 16.8. The summed E-state index contributed by atoms with van der Waals surface area (Å²) in [5, 5.41) is 4.91. The number of nitrogen functional groups attached to an aromatic ring is 1. The van der Waals surface area contributed by atoms with Crippen molar-refractivity contribution in [1.82, 2.24) is 0 Å². The van der Waals surface area contributed by atoms with Gasteiger partial charge in [0.1, 0.15) is 0 Å². The Balaban J connectivity index is 1.52. The molecule has 0 aliphatic carbocycles. The molecule has 6 aromatic rings. The number of nitrogens with two attached hydrogens (primary N) is 1. The maximum atomic E-state index is 5.88. The minimum atomic E-state index is 0.777. The van der Waals surface area contributed by atoms with E-state index < -0.39 is 0 Å². The van der Waals surface area contributed by atoms with E-state index in [9.17, 15) is 0 Å². The Morgan fingerprint density at radius 2 is 1.03 bits per heavy atom. The molecule has 0 unspecified atom stereocenters. The van der Waals surface area contributed by atoms with E-state index in [2.05, 4.69) is 126 Å². The lowest BCUT2D eigenvalue weighted by Gasteiger charge is -2.27. The average molecular weight is 437 g/mol. The monoisotopic (exact) mass is 436 g/mol. The van der Waals surface area contributed by atoms with Crippen LogP contribution in [0.15, 0.2) is 133 Å². The van der Waals surface area contributed by atoms with Crippen molar-refractivity contribution in [2.24, 2.45) is 0 Å². The van der Waals surface area contributed by atoms with Gasteiger partial charge in [-0.05, 0) is 69.8 Å². The highest BCUT2D eigenvalue weighted by Crippen LogP contribution is 2.40. The second-order valence-electron chi connectivity index (χ2n) is 8.53. The smallest absolute Gasteiger partial charge is 0.0540 e. The first-order valence-corrected chi connectivity index (χ1v) is 11.5. The van der Waals surface area contributed by atoms with Crippen LogP contribution in [0.3, 0.4) is 0 Å². The van der Waals surface area contributed by atoms with Crippen molar-refractivity contribution in [2.45, 2.75) is 0 Å². The summed E-state index contributed by atoms with van der Waals surface area (Å²) < 4.78 is 0. The van der Waals surface area contributed by atoms with Gasteiger partial charge >= 0.3 is 0 Å². The lowest BCUT2D eigenvalue weighted by molar-refractivity contribution is 1.30. The van der Waals surface area contributed by atoms with Crippen LogP contribution in [-0.2, 0) is 0 Å². The van der Waals surface area contributed by atoms with Gasteiger partial charge in [0.25, 0.3) is 0 Å². The van der Waals surface area contributed by atoms with Gasteiger partial charge in [0.15, 0.2) is 0 Å². The summed E-state index contributed by atoms with van der Waals surface area (Å²) in [6, 6.07) is 47.0. The van der Waals surface area contributed by atoms with Gasteiger partial charge in [-0.1, -0.05) is 91.0 Å². The molecule has 2 N–H and O–H groups in total. The van der Waals surface area contributed by atoms with Gasteiger partial charge in [0, 0.05) is 22.4 Å². The Labute approximate surface area is 199 Å². The fourth-order valence-corrected chi connectivity index (χ4v) is 4.62. The van der Waals surface area contributed by atoms with Crippen LogP contribution in [0.5, 0.6) is 0 Å². The zero-order valence-corrected chi connectivity index (χ0v) is 18.7. The molecule has 2 nitrogen and oxygen atoms in total. The Bertz CT molecular complexity index is 1590. The van der Waals surface area contributed by atoms with Crippen LogP contribution < -0.4 is 10.6 Å². The third kappa shape index (κ3) is 3.66. The maximum absolute atomic E-state index is 5.88. The predicted molar refractivity (Wildman–Crippen MR) is 146 cm³/mol. The summed E-state index contributed by atoms with van der Waals surface area (Å²) >= 11 is 0. The van der Waals surface area contributed by atoms with Crippen LogP contribution in [0.4, 0.5) is 22.7 Å². The highest BCUT2D eigenvalue weighted by Gasteiger charge is 2.15. The second-order valence-corrected chi connectivity index (χ2v) is 8.53. The molecule has 0 aromatic heterocycles. The van der Waals surface area contributed by atoms with Crippen LogP contribution in [-0.4, -0.2) is 0 Å². The highest BCUT2D eigenvalue weighted by atomic mass is 15.1. The van der Waals surface area contributed by atoms with Gasteiger partial charge in [-0.25, -0.2) is 0 Å². The number of benzene rings is 6. The van der Waals surface area contributed by atoms with Crippen molar-refractivity contribution in [1.29, 1.82) is 0 Å². The van der Waals surface area contributed by atoms with E-state index in [0.717, 1.165) is 28.3 Å². The van der Waals surface area contributed by atoms with Gasteiger partial charge in [0.2, 0.25) is 0 Å². The minimum absolute atomic E-state index is 0.777. The molecule has 0 aliphatic heterocycles. The molecule has 2 heteroatoms. The standard InChI is InChI=1S/C32H24N2/c33-28-17-12-24(13-18-28)25-14-19-29(20-15-25)34(30-21-16-23-6-1-2-8-27(23)22-30)32-11-5-9-26-7-3-4-10-31(26)32/h1-22H,33H2. The molecular weight excluding hydrogens is 412 g/mol. The average Bonchev–Trinajstić information content (AvgIpc) is 2.90. The van der Waals surface area contributed by atoms with Crippen molar-refractivity contribution < 1.29 is 0 Å². The lowest BCUT2D eigenvalue weighted by Crippen LogP contribution is -2.10. The largest absolute Gasteiger partial charge is 0.399 e. The molecule has 0 saturated heterocycles. The zero-order chi connectivity index (χ0) is 22.9. The number of hydrogen-bond acceptors (Lipinski definition) is 2. The molecular formula is C32H24N2. The number of anilines is 4. The molecule has 162 valence electrons. The van der Waals surface area contributed by atoms with Crippen LogP contribution >= 0.6 is 0 Å². The molecule has 0 amide bonds. The lowest BCUT2D eigenvalue weighted by atomic mass is 10.0. The van der Waals surface area contributed by atoms with Gasteiger partial charge in [0.05, 0.1) is 5.69 Å². The molecule has 0 fully saturated rings. The van der Waals surface area contributed by atoms with E-state index in [1.807, 2.05) is 12.1 Å². The summed E-state index contributed by atoms with van der Waals surface area (Å²) in [5.41, 5.74) is 12.4. The Hall–Kier alpha value is -4.56. The SMILES string of the molecule is Nc1ccc(-c2ccc(N(c3ccc4ccccc4c3)c3cccc4ccccc34)cc2)cc1. The molecule has 0 bridgehead atoms. The summed E-state index contributed by atoms with van der Waals surface area (Å²) in [6.07, 6.45) is 0. The maximum Gasteiger partial charge on any atom is 0.0540 e. The summed E-state index contributed by atoms with van der Waals surface area (Å²) in [6.45, 7) is 0. The molecule has 0 radical (unpaired) electrons. The summed E-state index contributed by atoms with van der Waals surface area (Å²) in [7, 11) is 0. The van der Waals surface area contributed by atoms with Crippen molar-refractivity contribution in [3.63, 3.8) is 0 Å². The third-order valence-electron chi connectivity index (χ3n) is 6.37. The van der Waals surface area contributed by atoms with Crippen molar-refractivity contribution in [3.05, 3.63) is 133 Å². The van der Waals surface area contributed by atoms with Crippen LogP contribution in [0.2, 0.25) is 0 Å². The molecule has 34 heavy (non-hydrogen) atoms. The predicted octanol–water partition coefficient (Wildman–Crippen LogP) is 8.71. The Morgan fingerprint density at radius 3 is 1.79 bits per heavy atom. The van der Waals surface area contributed by atoms with E-state index in [1.165, 1.54) is 27.1 Å². The first-order valence-electron chi connectivity index (χ1n) is 11.5. The number of nitrogens with zero attached hydrogens (tertiary/aromatic N) is 1. The van der Waals surface area contributed by atoms with Crippen molar-refractivity contribution >= 4 is 44.3 Å². The van der Waals surface area contributed by atoms with Gasteiger partial charge in [-0.15, -0.1) is 0 Å². The molecule has 0 heterocycles. The van der Waals surface area contributed by atoms with Crippen LogP contribution in [0, 0.1) is 0 Å². The minimum Gasteiger partial charge on any atom is -0.399 e. The van der Waals surface area contributed by atoms with E-state index in [0.29, 0.717) is 0 Å². The highest BCUT2D eigenvalue weighted by molar-refractivity contribution is 6.00. The molecule has 6 aromatic carbocycles. The second kappa shape index (κ2) is 8.42. The quantitative estimate of drug-likeness (QED) is 0.280. The fraction of sp³-hybridized carbons (Fsp3) is 0. The number of hydrogen-bond donors (Lipinski definition) is 1. The van der Waals surface area contributed by atoms with Gasteiger partial charge in [-0.2, -0.15) is 0 Å². The van der Waals surface area contributed by atoms with E-state index in [-0.39, 0.29) is 0 Å². The Morgan fingerprint density at radius 1 is 0.441 bits per heavy atom. The van der Waals surface area contributed by atoms with Gasteiger partial charge in [-0.3, -0.25) is 0 Å². The topological polar surface area (TPSA) is 29.3 Å². The molecule has 0 aliphatic rings. The van der Waals surface area contributed by atoms with E-state index >= 15 is 0 Å². The van der Waals surface area contributed by atoms with E-state index in [1.54, 1.807) is 0 Å². The summed E-state index contributed by atoms with van der Waals surface area (Å²) in [4.78, 5) is 2.35. The molecule has 0 saturated carbocycles. The van der Waals surface area contributed by atoms with Crippen LogP contribution in [0.1, 0.15) is 0 Å². The fourth-order valence-electron chi connectivity index (χ4n) is 4.62. The zero-order valence-electron chi connectivity index (χ0n) is 18.7.